The molecule has 0 spiro atoms. The Balaban J connectivity index is 1.93. The molecule has 0 aliphatic rings. The van der Waals surface area contributed by atoms with Crippen molar-refractivity contribution in [2.75, 3.05) is 0 Å². The summed E-state index contributed by atoms with van der Waals surface area (Å²) in [5, 5.41) is 4.80. The highest BCUT2D eigenvalue weighted by molar-refractivity contribution is 9.10. The van der Waals surface area contributed by atoms with E-state index in [1.165, 1.54) is 28.6 Å². The van der Waals surface area contributed by atoms with Crippen molar-refractivity contribution in [3.8, 4) is 11.4 Å². The molecule has 0 radical (unpaired) electrons. The Morgan fingerprint density at radius 1 is 1.10 bits per heavy atom. The SMILES string of the molecule is CCc1ccc(-c2nc3ccc(Br)cc3c(=O)n2N=Cc2cccc(F)c2)cc1. The van der Waals surface area contributed by atoms with Gasteiger partial charge < -0.3 is 0 Å². The summed E-state index contributed by atoms with van der Waals surface area (Å²) in [6, 6.07) is 19.3. The Bertz CT molecular complexity index is 1280. The molecule has 0 saturated carbocycles. The first-order chi connectivity index (χ1) is 14.0. The lowest BCUT2D eigenvalue weighted by Gasteiger charge is -2.10. The number of benzene rings is 3. The topological polar surface area (TPSA) is 47.2 Å². The van der Waals surface area contributed by atoms with Crippen molar-refractivity contribution in [1.82, 2.24) is 9.66 Å². The zero-order chi connectivity index (χ0) is 20.4. The summed E-state index contributed by atoms with van der Waals surface area (Å²) < 4.78 is 15.5. The van der Waals surface area contributed by atoms with Gasteiger partial charge in [0.15, 0.2) is 5.82 Å². The number of hydrogen-bond acceptors (Lipinski definition) is 3. The lowest BCUT2D eigenvalue weighted by molar-refractivity contribution is 0.627. The standard InChI is InChI=1S/C23H17BrFN3O/c1-2-15-6-8-17(9-7-15)22-27-21-11-10-18(24)13-20(21)23(29)28(22)26-14-16-4-3-5-19(25)12-16/h3-14H,2H2,1H3. The quantitative estimate of drug-likeness (QED) is 0.391. The number of halogens is 2. The van der Waals surface area contributed by atoms with Crippen molar-refractivity contribution in [3.63, 3.8) is 0 Å². The molecule has 0 atom stereocenters. The molecule has 0 aliphatic carbocycles. The van der Waals surface area contributed by atoms with Crippen molar-refractivity contribution in [1.29, 1.82) is 0 Å². The van der Waals surface area contributed by atoms with Gasteiger partial charge in [-0.25, -0.2) is 9.37 Å². The number of rotatable bonds is 4. The van der Waals surface area contributed by atoms with Gasteiger partial charge in [0, 0.05) is 10.0 Å². The van der Waals surface area contributed by atoms with Crippen LogP contribution in [0.5, 0.6) is 0 Å². The Labute approximate surface area is 175 Å². The van der Waals surface area contributed by atoms with Gasteiger partial charge in [0.05, 0.1) is 17.1 Å². The Morgan fingerprint density at radius 2 is 1.90 bits per heavy atom. The highest BCUT2D eigenvalue weighted by atomic mass is 79.9. The molecule has 0 unspecified atom stereocenters. The monoisotopic (exact) mass is 449 g/mol. The van der Waals surface area contributed by atoms with Crippen molar-refractivity contribution in [2.24, 2.45) is 5.10 Å². The van der Waals surface area contributed by atoms with E-state index in [0.717, 1.165) is 16.5 Å². The molecule has 1 aromatic heterocycles. The van der Waals surface area contributed by atoms with Crippen LogP contribution in [0.1, 0.15) is 18.1 Å². The molecule has 29 heavy (non-hydrogen) atoms. The van der Waals surface area contributed by atoms with Gasteiger partial charge in [0.2, 0.25) is 0 Å². The molecular formula is C23H17BrFN3O. The van der Waals surface area contributed by atoms with Crippen LogP contribution in [0.4, 0.5) is 4.39 Å². The normalized spacial score (nSPS) is 11.4. The Kier molecular flexibility index (Phi) is 5.36. The summed E-state index contributed by atoms with van der Waals surface area (Å²) in [7, 11) is 0. The molecule has 1 heterocycles. The highest BCUT2D eigenvalue weighted by Gasteiger charge is 2.13. The minimum Gasteiger partial charge on any atom is -0.267 e. The van der Waals surface area contributed by atoms with Crippen LogP contribution in [0, 0.1) is 5.82 Å². The van der Waals surface area contributed by atoms with Crippen LogP contribution >= 0.6 is 15.9 Å². The minimum atomic E-state index is -0.364. The Morgan fingerprint density at radius 3 is 2.62 bits per heavy atom. The van der Waals surface area contributed by atoms with Gasteiger partial charge in [0.25, 0.3) is 5.56 Å². The van der Waals surface area contributed by atoms with Gasteiger partial charge in [0.1, 0.15) is 5.82 Å². The summed E-state index contributed by atoms with van der Waals surface area (Å²) >= 11 is 3.40. The fraction of sp³-hybridized carbons (Fsp3) is 0.0870. The third kappa shape index (κ3) is 4.03. The van der Waals surface area contributed by atoms with Crippen LogP contribution in [0.2, 0.25) is 0 Å². The zero-order valence-electron chi connectivity index (χ0n) is 15.6. The van der Waals surface area contributed by atoms with E-state index in [4.69, 9.17) is 0 Å². The minimum absolute atomic E-state index is 0.293. The number of nitrogens with zero attached hydrogens (tertiary/aromatic N) is 3. The van der Waals surface area contributed by atoms with Gasteiger partial charge in [-0.05, 0) is 47.9 Å². The first-order valence-electron chi connectivity index (χ1n) is 9.16. The smallest absolute Gasteiger partial charge is 0.267 e. The molecule has 0 bridgehead atoms. The largest absolute Gasteiger partial charge is 0.282 e. The average molecular weight is 450 g/mol. The lowest BCUT2D eigenvalue weighted by atomic mass is 10.1. The summed E-state index contributed by atoms with van der Waals surface area (Å²) in [5.41, 5.74) is 2.82. The van der Waals surface area contributed by atoms with Crippen LogP contribution in [0.25, 0.3) is 22.3 Å². The van der Waals surface area contributed by atoms with Crippen molar-refractivity contribution < 1.29 is 4.39 Å². The van der Waals surface area contributed by atoms with Crippen molar-refractivity contribution in [3.05, 3.63) is 98.5 Å². The second-order valence-electron chi connectivity index (χ2n) is 6.56. The second kappa shape index (κ2) is 8.09. The fourth-order valence-corrected chi connectivity index (χ4v) is 3.40. The third-order valence-corrected chi connectivity index (χ3v) is 5.09. The maximum absolute atomic E-state index is 13.5. The predicted octanol–water partition coefficient (Wildman–Crippen LogP) is 5.41. The van der Waals surface area contributed by atoms with Crippen molar-refractivity contribution in [2.45, 2.75) is 13.3 Å². The zero-order valence-corrected chi connectivity index (χ0v) is 17.2. The lowest BCUT2D eigenvalue weighted by Crippen LogP contribution is -2.20. The number of hydrogen-bond donors (Lipinski definition) is 0. The van der Waals surface area contributed by atoms with Gasteiger partial charge >= 0.3 is 0 Å². The molecule has 0 fully saturated rings. The summed E-state index contributed by atoms with van der Waals surface area (Å²) in [6.45, 7) is 2.08. The van der Waals surface area contributed by atoms with Gasteiger partial charge in [-0.15, -0.1) is 0 Å². The van der Waals surface area contributed by atoms with E-state index in [9.17, 15) is 9.18 Å². The third-order valence-electron chi connectivity index (χ3n) is 4.60. The molecule has 3 aromatic carbocycles. The van der Waals surface area contributed by atoms with Gasteiger partial charge in [-0.1, -0.05) is 59.3 Å². The summed E-state index contributed by atoms with van der Waals surface area (Å²) in [5.74, 6) is 0.0670. The molecule has 4 nitrogen and oxygen atoms in total. The summed E-state index contributed by atoms with van der Waals surface area (Å²) in [4.78, 5) is 17.9. The van der Waals surface area contributed by atoms with Crippen LogP contribution in [-0.4, -0.2) is 15.9 Å². The van der Waals surface area contributed by atoms with E-state index in [2.05, 4.69) is 32.9 Å². The maximum atomic E-state index is 13.5. The van der Waals surface area contributed by atoms with Gasteiger partial charge in [-0.3, -0.25) is 4.79 Å². The van der Waals surface area contributed by atoms with Crippen molar-refractivity contribution >= 4 is 33.0 Å². The molecule has 144 valence electrons. The predicted molar refractivity (Wildman–Crippen MR) is 118 cm³/mol. The average Bonchev–Trinajstić information content (AvgIpc) is 2.73. The van der Waals surface area contributed by atoms with E-state index in [-0.39, 0.29) is 11.4 Å². The number of aromatic nitrogens is 2. The second-order valence-corrected chi connectivity index (χ2v) is 7.48. The van der Waals surface area contributed by atoms with E-state index in [1.807, 2.05) is 30.3 Å². The van der Waals surface area contributed by atoms with E-state index in [0.29, 0.717) is 22.3 Å². The molecule has 0 amide bonds. The number of aryl methyl sites for hydroxylation is 1. The summed E-state index contributed by atoms with van der Waals surface area (Å²) in [6.07, 6.45) is 2.38. The molecular weight excluding hydrogens is 433 g/mol. The van der Waals surface area contributed by atoms with Crippen LogP contribution in [-0.2, 0) is 6.42 Å². The first-order valence-corrected chi connectivity index (χ1v) is 9.96. The Hall–Kier alpha value is -3.12. The molecule has 4 rings (SSSR count). The van der Waals surface area contributed by atoms with Gasteiger partial charge in [-0.2, -0.15) is 9.78 Å². The highest BCUT2D eigenvalue weighted by Crippen LogP contribution is 2.22. The van der Waals surface area contributed by atoms with E-state index < -0.39 is 0 Å². The van der Waals surface area contributed by atoms with E-state index >= 15 is 0 Å². The first kappa shape index (κ1) is 19.2. The molecule has 0 aliphatic heterocycles. The fourth-order valence-electron chi connectivity index (χ4n) is 3.04. The van der Waals surface area contributed by atoms with E-state index in [1.54, 1.807) is 24.3 Å². The molecule has 4 aromatic rings. The van der Waals surface area contributed by atoms with Crippen LogP contribution < -0.4 is 5.56 Å². The molecule has 0 saturated heterocycles. The maximum Gasteiger partial charge on any atom is 0.282 e. The van der Waals surface area contributed by atoms with Crippen LogP contribution in [0.15, 0.2) is 81.1 Å². The number of fused-ring (bicyclic) bond motifs is 1. The van der Waals surface area contributed by atoms with Crippen LogP contribution in [0.3, 0.4) is 0 Å². The molecule has 6 heteroatoms. The molecule has 0 N–H and O–H groups in total.